The van der Waals surface area contributed by atoms with Crippen molar-refractivity contribution in [3.63, 3.8) is 0 Å². The van der Waals surface area contributed by atoms with E-state index in [4.69, 9.17) is 0 Å². The molecule has 2 rings (SSSR count). The summed E-state index contributed by atoms with van der Waals surface area (Å²) in [5.41, 5.74) is 0.876. The van der Waals surface area contributed by atoms with Gasteiger partial charge in [-0.05, 0) is 26.3 Å². The number of nitrogens with zero attached hydrogens (tertiary/aromatic N) is 2. The Bertz CT molecular complexity index is 689. The summed E-state index contributed by atoms with van der Waals surface area (Å²) in [6, 6.07) is 1.59. The lowest BCUT2D eigenvalue weighted by Crippen LogP contribution is -2.39. The standard InChI is InChI=1S/C15H23N3O3S2/c1-9(2)14-16-10(3)7-13(18-14)22-11(4)15(19)17-12-5-6-23(20,21)8-12/h7,9,11-12H,5-6,8H2,1-4H3,(H,17,19)/t11-,12-/m1/s1. The van der Waals surface area contributed by atoms with E-state index in [2.05, 4.69) is 15.3 Å². The van der Waals surface area contributed by atoms with Crippen LogP contribution in [0.3, 0.4) is 0 Å². The van der Waals surface area contributed by atoms with Crippen molar-refractivity contribution in [2.45, 2.75) is 56.4 Å². The van der Waals surface area contributed by atoms with Crippen LogP contribution in [0, 0.1) is 6.92 Å². The summed E-state index contributed by atoms with van der Waals surface area (Å²) in [7, 11) is -2.99. The van der Waals surface area contributed by atoms with Crippen LogP contribution in [0.5, 0.6) is 0 Å². The van der Waals surface area contributed by atoms with E-state index in [1.54, 1.807) is 6.92 Å². The minimum absolute atomic E-state index is 0.0419. The second-order valence-corrected chi connectivity index (χ2v) is 9.82. The zero-order chi connectivity index (χ0) is 17.2. The summed E-state index contributed by atoms with van der Waals surface area (Å²) in [4.78, 5) is 21.1. The quantitative estimate of drug-likeness (QED) is 0.637. The minimum atomic E-state index is -2.99. The zero-order valence-corrected chi connectivity index (χ0v) is 15.5. The molecule has 1 N–H and O–H groups in total. The Morgan fingerprint density at radius 2 is 2.04 bits per heavy atom. The Kier molecular flexibility index (Phi) is 5.67. The number of carbonyl (C=O) groups excluding carboxylic acids is 1. The molecule has 0 radical (unpaired) electrons. The van der Waals surface area contributed by atoms with Gasteiger partial charge in [-0.25, -0.2) is 18.4 Å². The molecular weight excluding hydrogens is 334 g/mol. The fraction of sp³-hybridized carbons (Fsp3) is 0.667. The van der Waals surface area contributed by atoms with Crippen molar-refractivity contribution in [3.8, 4) is 0 Å². The third kappa shape index (κ3) is 5.17. The number of rotatable bonds is 5. The molecule has 2 heterocycles. The molecule has 0 saturated carbocycles. The summed E-state index contributed by atoms with van der Waals surface area (Å²) in [5.74, 6) is 1.03. The van der Waals surface area contributed by atoms with Crippen molar-refractivity contribution < 1.29 is 13.2 Å². The Labute approximate surface area is 141 Å². The highest BCUT2D eigenvalue weighted by Gasteiger charge is 2.30. The number of thioether (sulfide) groups is 1. The highest BCUT2D eigenvalue weighted by molar-refractivity contribution is 8.00. The minimum Gasteiger partial charge on any atom is -0.351 e. The number of sulfone groups is 1. The predicted octanol–water partition coefficient (Wildman–Crippen LogP) is 1.69. The molecule has 1 aromatic heterocycles. The smallest absolute Gasteiger partial charge is 0.233 e. The van der Waals surface area contributed by atoms with Crippen LogP contribution in [0.2, 0.25) is 0 Å². The maximum atomic E-state index is 12.2. The monoisotopic (exact) mass is 357 g/mol. The summed E-state index contributed by atoms with van der Waals surface area (Å²) >= 11 is 1.37. The van der Waals surface area contributed by atoms with E-state index in [9.17, 15) is 13.2 Å². The van der Waals surface area contributed by atoms with Crippen molar-refractivity contribution in [2.75, 3.05) is 11.5 Å². The van der Waals surface area contributed by atoms with Crippen LogP contribution in [0.4, 0.5) is 0 Å². The molecule has 128 valence electrons. The van der Waals surface area contributed by atoms with E-state index in [1.165, 1.54) is 11.8 Å². The Morgan fingerprint density at radius 1 is 1.35 bits per heavy atom. The zero-order valence-electron chi connectivity index (χ0n) is 13.9. The SMILES string of the molecule is Cc1cc(S[C@H](C)C(=O)N[C@@H]2CCS(=O)(=O)C2)nc(C(C)C)n1. The van der Waals surface area contributed by atoms with Crippen molar-refractivity contribution in [2.24, 2.45) is 0 Å². The molecule has 6 nitrogen and oxygen atoms in total. The molecule has 1 aromatic rings. The predicted molar refractivity (Wildman–Crippen MR) is 91.4 cm³/mol. The molecule has 1 amide bonds. The maximum Gasteiger partial charge on any atom is 0.233 e. The van der Waals surface area contributed by atoms with Gasteiger partial charge in [0.15, 0.2) is 9.84 Å². The second kappa shape index (κ2) is 7.17. The number of aryl methyl sites for hydroxylation is 1. The maximum absolute atomic E-state index is 12.2. The van der Waals surface area contributed by atoms with Gasteiger partial charge in [-0.1, -0.05) is 25.6 Å². The summed E-state index contributed by atoms with van der Waals surface area (Å²) in [6.07, 6.45) is 0.496. The number of aromatic nitrogens is 2. The first kappa shape index (κ1) is 18.2. The summed E-state index contributed by atoms with van der Waals surface area (Å²) < 4.78 is 22.9. The topological polar surface area (TPSA) is 89.0 Å². The van der Waals surface area contributed by atoms with E-state index in [1.807, 2.05) is 26.8 Å². The Balaban J connectivity index is 1.98. The van der Waals surface area contributed by atoms with Gasteiger partial charge in [0, 0.05) is 17.7 Å². The molecule has 0 unspecified atom stereocenters. The molecule has 0 bridgehead atoms. The molecule has 0 spiro atoms. The average Bonchev–Trinajstić information content (AvgIpc) is 2.77. The molecule has 0 aliphatic carbocycles. The number of nitrogens with one attached hydrogen (secondary N) is 1. The van der Waals surface area contributed by atoms with E-state index in [-0.39, 0.29) is 34.6 Å². The van der Waals surface area contributed by atoms with E-state index >= 15 is 0 Å². The first-order valence-electron chi connectivity index (χ1n) is 7.69. The van der Waals surface area contributed by atoms with Crippen molar-refractivity contribution >= 4 is 27.5 Å². The van der Waals surface area contributed by atoms with Gasteiger partial charge in [-0.2, -0.15) is 0 Å². The molecule has 23 heavy (non-hydrogen) atoms. The van der Waals surface area contributed by atoms with Crippen LogP contribution >= 0.6 is 11.8 Å². The molecule has 1 aliphatic rings. The van der Waals surface area contributed by atoms with Gasteiger partial charge in [-0.3, -0.25) is 4.79 Å². The molecular formula is C15H23N3O3S2. The fourth-order valence-electron chi connectivity index (χ4n) is 2.34. The summed E-state index contributed by atoms with van der Waals surface area (Å²) in [6.45, 7) is 7.77. The van der Waals surface area contributed by atoms with Crippen molar-refractivity contribution in [1.29, 1.82) is 0 Å². The van der Waals surface area contributed by atoms with Crippen LogP contribution < -0.4 is 5.32 Å². The summed E-state index contributed by atoms with van der Waals surface area (Å²) in [5, 5.41) is 3.25. The number of carbonyl (C=O) groups is 1. The van der Waals surface area contributed by atoms with E-state index < -0.39 is 9.84 Å². The lowest BCUT2D eigenvalue weighted by Gasteiger charge is -2.16. The van der Waals surface area contributed by atoms with Gasteiger partial charge in [0.1, 0.15) is 10.9 Å². The van der Waals surface area contributed by atoms with E-state index in [0.29, 0.717) is 6.42 Å². The number of hydrogen-bond acceptors (Lipinski definition) is 6. The van der Waals surface area contributed by atoms with Crippen molar-refractivity contribution in [1.82, 2.24) is 15.3 Å². The molecule has 0 aromatic carbocycles. The molecule has 1 fully saturated rings. The molecule has 1 aliphatic heterocycles. The van der Waals surface area contributed by atoms with Crippen LogP contribution in [-0.4, -0.2) is 47.1 Å². The first-order valence-corrected chi connectivity index (χ1v) is 10.4. The highest BCUT2D eigenvalue weighted by Crippen LogP contribution is 2.24. The molecule has 1 saturated heterocycles. The highest BCUT2D eigenvalue weighted by atomic mass is 32.2. The van der Waals surface area contributed by atoms with Gasteiger partial charge < -0.3 is 5.32 Å². The number of hydrogen-bond donors (Lipinski definition) is 1. The number of amides is 1. The van der Waals surface area contributed by atoms with Gasteiger partial charge in [0.05, 0.1) is 16.8 Å². The van der Waals surface area contributed by atoms with Crippen LogP contribution in [0.1, 0.15) is 44.6 Å². The first-order chi connectivity index (χ1) is 10.7. The Hall–Kier alpha value is -1.15. The average molecular weight is 358 g/mol. The largest absolute Gasteiger partial charge is 0.351 e. The van der Waals surface area contributed by atoms with Crippen molar-refractivity contribution in [3.05, 3.63) is 17.6 Å². The van der Waals surface area contributed by atoms with Crippen LogP contribution in [0.25, 0.3) is 0 Å². The lowest BCUT2D eigenvalue weighted by molar-refractivity contribution is -0.120. The van der Waals surface area contributed by atoms with Gasteiger partial charge >= 0.3 is 0 Å². The third-order valence-corrected chi connectivity index (χ3v) is 6.40. The molecule has 2 atom stereocenters. The van der Waals surface area contributed by atoms with E-state index in [0.717, 1.165) is 16.5 Å². The van der Waals surface area contributed by atoms with Gasteiger partial charge in [-0.15, -0.1) is 0 Å². The second-order valence-electron chi connectivity index (χ2n) is 6.23. The fourth-order valence-corrected chi connectivity index (χ4v) is 4.94. The Morgan fingerprint density at radius 3 is 2.61 bits per heavy atom. The normalized spacial score (nSPS) is 21.3. The lowest BCUT2D eigenvalue weighted by atomic mass is 10.2. The van der Waals surface area contributed by atoms with Crippen LogP contribution in [-0.2, 0) is 14.6 Å². The van der Waals surface area contributed by atoms with Gasteiger partial charge in [0.25, 0.3) is 0 Å². The van der Waals surface area contributed by atoms with Crippen LogP contribution in [0.15, 0.2) is 11.1 Å². The molecule has 8 heteroatoms. The third-order valence-electron chi connectivity index (χ3n) is 3.61. The van der Waals surface area contributed by atoms with Gasteiger partial charge in [0.2, 0.25) is 5.91 Å².